The van der Waals surface area contributed by atoms with Crippen molar-refractivity contribution >= 4 is 28.2 Å². The van der Waals surface area contributed by atoms with E-state index in [9.17, 15) is 0 Å². The van der Waals surface area contributed by atoms with Crippen molar-refractivity contribution in [3.8, 4) is 22.3 Å². The van der Waals surface area contributed by atoms with E-state index in [1.54, 1.807) is 4.52 Å². The summed E-state index contributed by atoms with van der Waals surface area (Å²) in [5.74, 6) is 0. The van der Waals surface area contributed by atoms with E-state index < -0.39 is 0 Å². The summed E-state index contributed by atoms with van der Waals surface area (Å²) >= 11 is 6.34. The number of pyridine rings is 1. The molecule has 4 nitrogen and oxygen atoms in total. The third-order valence-electron chi connectivity index (χ3n) is 4.52. The highest BCUT2D eigenvalue weighted by Crippen LogP contribution is 2.40. The molecule has 2 heterocycles. The third-order valence-corrected chi connectivity index (χ3v) is 4.76. The number of halogens is 1. The number of aromatic nitrogens is 4. The van der Waals surface area contributed by atoms with Crippen molar-refractivity contribution in [2.24, 2.45) is 0 Å². The van der Waals surface area contributed by atoms with Gasteiger partial charge in [0, 0.05) is 21.5 Å². The minimum Gasteiger partial charge on any atom is -0.192 e. The van der Waals surface area contributed by atoms with Crippen LogP contribution in [0.4, 0.5) is 0 Å². The van der Waals surface area contributed by atoms with Crippen LogP contribution in [0.25, 0.3) is 38.8 Å². The Morgan fingerprint density at radius 1 is 0.731 bits per heavy atom. The Balaban J connectivity index is 2.05. The SMILES string of the molecule is Clc1ccc2c(c1)c(-c1ccccc1)c(-c1ccccc1)c1nnnn12. The molecule has 0 aliphatic rings. The molecule has 5 aromatic rings. The van der Waals surface area contributed by atoms with E-state index in [2.05, 4.69) is 39.8 Å². The number of hydrogen-bond acceptors (Lipinski definition) is 3. The van der Waals surface area contributed by atoms with Crippen LogP contribution in [0.3, 0.4) is 0 Å². The number of hydrogen-bond donors (Lipinski definition) is 0. The van der Waals surface area contributed by atoms with E-state index in [-0.39, 0.29) is 0 Å². The lowest BCUT2D eigenvalue weighted by atomic mass is 9.92. The van der Waals surface area contributed by atoms with Crippen molar-refractivity contribution in [1.29, 1.82) is 0 Å². The number of rotatable bonds is 2. The lowest BCUT2D eigenvalue weighted by molar-refractivity contribution is 0.842. The van der Waals surface area contributed by atoms with Gasteiger partial charge in [-0.05, 0) is 39.8 Å². The summed E-state index contributed by atoms with van der Waals surface area (Å²) in [4.78, 5) is 0. The van der Waals surface area contributed by atoms with Crippen LogP contribution in [0.1, 0.15) is 0 Å². The molecule has 26 heavy (non-hydrogen) atoms. The van der Waals surface area contributed by atoms with Crippen LogP contribution in [-0.2, 0) is 0 Å². The molecule has 0 radical (unpaired) electrons. The highest BCUT2D eigenvalue weighted by atomic mass is 35.5. The smallest absolute Gasteiger partial charge is 0.188 e. The van der Waals surface area contributed by atoms with Crippen LogP contribution in [0.15, 0.2) is 78.9 Å². The van der Waals surface area contributed by atoms with Gasteiger partial charge in [0.15, 0.2) is 5.65 Å². The Morgan fingerprint density at radius 2 is 1.38 bits per heavy atom. The third kappa shape index (κ3) is 2.27. The summed E-state index contributed by atoms with van der Waals surface area (Å²) in [6.45, 7) is 0. The molecule has 124 valence electrons. The van der Waals surface area contributed by atoms with Gasteiger partial charge in [-0.1, -0.05) is 72.3 Å². The van der Waals surface area contributed by atoms with Gasteiger partial charge in [-0.25, -0.2) is 0 Å². The molecular formula is C21H13ClN4. The van der Waals surface area contributed by atoms with Gasteiger partial charge < -0.3 is 0 Å². The molecule has 0 amide bonds. The molecule has 0 saturated carbocycles. The van der Waals surface area contributed by atoms with Crippen LogP contribution < -0.4 is 0 Å². The Kier molecular flexibility index (Phi) is 3.43. The zero-order chi connectivity index (χ0) is 17.5. The molecule has 0 fully saturated rings. The first-order chi connectivity index (χ1) is 12.8. The summed E-state index contributed by atoms with van der Waals surface area (Å²) in [7, 11) is 0. The van der Waals surface area contributed by atoms with E-state index in [0.717, 1.165) is 38.8 Å². The standard InChI is InChI=1S/C21H13ClN4/c22-16-11-12-18-17(13-16)19(14-7-3-1-4-8-14)20(15-9-5-2-6-10-15)21-23-24-25-26(18)21/h1-13H. The molecule has 0 aliphatic heterocycles. The van der Waals surface area contributed by atoms with Gasteiger partial charge in [0.25, 0.3) is 0 Å². The van der Waals surface area contributed by atoms with Crippen LogP contribution in [-0.4, -0.2) is 20.0 Å². The zero-order valence-corrected chi connectivity index (χ0v) is 14.4. The predicted octanol–water partition coefficient (Wildman–Crippen LogP) is 5.26. The van der Waals surface area contributed by atoms with Gasteiger partial charge in [0.05, 0.1) is 5.52 Å². The molecule has 3 aromatic carbocycles. The first-order valence-electron chi connectivity index (χ1n) is 8.27. The lowest BCUT2D eigenvalue weighted by Gasteiger charge is -2.15. The molecule has 0 N–H and O–H groups in total. The van der Waals surface area contributed by atoms with E-state index in [1.165, 1.54) is 0 Å². The van der Waals surface area contributed by atoms with Crippen molar-refractivity contribution in [3.05, 3.63) is 83.9 Å². The fourth-order valence-corrected chi connectivity index (χ4v) is 3.60. The summed E-state index contributed by atoms with van der Waals surface area (Å²) in [5.41, 5.74) is 5.89. The Morgan fingerprint density at radius 3 is 2.08 bits per heavy atom. The maximum atomic E-state index is 6.34. The predicted molar refractivity (Wildman–Crippen MR) is 104 cm³/mol. The van der Waals surface area contributed by atoms with Gasteiger partial charge >= 0.3 is 0 Å². The summed E-state index contributed by atoms with van der Waals surface area (Å²) in [6, 6.07) is 26.3. The highest BCUT2D eigenvalue weighted by Gasteiger charge is 2.19. The van der Waals surface area contributed by atoms with Crippen molar-refractivity contribution in [2.45, 2.75) is 0 Å². The van der Waals surface area contributed by atoms with Crippen LogP contribution >= 0.6 is 11.6 Å². The van der Waals surface area contributed by atoms with Crippen LogP contribution in [0.2, 0.25) is 5.02 Å². The molecule has 0 saturated heterocycles. The van der Waals surface area contributed by atoms with Crippen LogP contribution in [0.5, 0.6) is 0 Å². The fourth-order valence-electron chi connectivity index (χ4n) is 3.43. The quantitative estimate of drug-likeness (QED) is 0.433. The van der Waals surface area contributed by atoms with Gasteiger partial charge in [0.1, 0.15) is 0 Å². The average molecular weight is 357 g/mol. The van der Waals surface area contributed by atoms with E-state index in [0.29, 0.717) is 5.02 Å². The maximum Gasteiger partial charge on any atom is 0.188 e. The highest BCUT2D eigenvalue weighted by molar-refractivity contribution is 6.31. The number of benzene rings is 3. The number of tetrazole rings is 1. The minimum atomic E-state index is 0.682. The average Bonchev–Trinajstić information content (AvgIpc) is 3.17. The molecule has 0 spiro atoms. The van der Waals surface area contributed by atoms with Gasteiger partial charge in [0.2, 0.25) is 0 Å². The van der Waals surface area contributed by atoms with Crippen molar-refractivity contribution in [3.63, 3.8) is 0 Å². The molecule has 2 aromatic heterocycles. The molecule has 5 rings (SSSR count). The second-order valence-corrected chi connectivity index (χ2v) is 6.49. The molecule has 0 aliphatic carbocycles. The number of fused-ring (bicyclic) bond motifs is 3. The summed E-state index contributed by atoms with van der Waals surface area (Å²) in [5, 5.41) is 14.2. The van der Waals surface area contributed by atoms with Gasteiger partial charge in [-0.3, -0.25) is 0 Å². The zero-order valence-electron chi connectivity index (χ0n) is 13.7. The van der Waals surface area contributed by atoms with Crippen LogP contribution in [0, 0.1) is 0 Å². The topological polar surface area (TPSA) is 43.1 Å². The maximum absolute atomic E-state index is 6.34. The Hall–Kier alpha value is -3.24. The summed E-state index contributed by atoms with van der Waals surface area (Å²) < 4.78 is 1.78. The molecule has 0 unspecified atom stereocenters. The summed E-state index contributed by atoms with van der Waals surface area (Å²) in [6.07, 6.45) is 0. The first kappa shape index (κ1) is 15.0. The van der Waals surface area contributed by atoms with Crippen molar-refractivity contribution in [2.75, 3.05) is 0 Å². The molecule has 0 bridgehead atoms. The fraction of sp³-hybridized carbons (Fsp3) is 0. The lowest BCUT2D eigenvalue weighted by Crippen LogP contribution is -1.98. The second-order valence-electron chi connectivity index (χ2n) is 6.06. The normalized spacial score (nSPS) is 11.3. The molecular weight excluding hydrogens is 344 g/mol. The van der Waals surface area contributed by atoms with E-state index >= 15 is 0 Å². The van der Waals surface area contributed by atoms with Crippen molar-refractivity contribution in [1.82, 2.24) is 20.0 Å². The number of nitrogens with zero attached hydrogens (tertiary/aromatic N) is 4. The second kappa shape index (κ2) is 5.93. The minimum absolute atomic E-state index is 0.682. The molecule has 0 atom stereocenters. The first-order valence-corrected chi connectivity index (χ1v) is 8.65. The Bertz CT molecular complexity index is 1230. The van der Waals surface area contributed by atoms with Crippen molar-refractivity contribution < 1.29 is 0 Å². The van der Waals surface area contributed by atoms with Gasteiger partial charge in [-0.15, -0.1) is 5.10 Å². The van der Waals surface area contributed by atoms with Gasteiger partial charge in [-0.2, -0.15) is 4.52 Å². The van der Waals surface area contributed by atoms with E-state index in [4.69, 9.17) is 11.6 Å². The Labute approximate surface area is 154 Å². The molecule has 5 heteroatoms. The largest absolute Gasteiger partial charge is 0.192 e. The monoisotopic (exact) mass is 356 g/mol. The van der Waals surface area contributed by atoms with E-state index in [1.807, 2.05) is 54.6 Å².